The minimum Gasteiger partial charge on any atom is -0.339 e. The predicted octanol–water partition coefficient (Wildman–Crippen LogP) is 5.30. The van der Waals surface area contributed by atoms with Gasteiger partial charge in [0.15, 0.2) is 0 Å². The maximum Gasteiger partial charge on any atom is 0.254 e. The summed E-state index contributed by atoms with van der Waals surface area (Å²) in [6, 6.07) is 0.456. The number of nitrogens with zero attached hydrogens (tertiary/aromatic N) is 1. The van der Waals surface area contributed by atoms with Gasteiger partial charge in [-0.15, -0.1) is 11.3 Å². The summed E-state index contributed by atoms with van der Waals surface area (Å²) in [6.45, 7) is 7.04. The number of fused-ring (bicyclic) bond motifs is 1. The van der Waals surface area contributed by atoms with Gasteiger partial charge in [0.1, 0.15) is 0 Å². The van der Waals surface area contributed by atoms with Gasteiger partial charge < -0.3 is 4.90 Å². The van der Waals surface area contributed by atoms with Crippen LogP contribution in [0.2, 0.25) is 0 Å². The molecule has 0 saturated heterocycles. The summed E-state index contributed by atoms with van der Waals surface area (Å²) in [4.78, 5) is 16.5. The van der Waals surface area contributed by atoms with Crippen molar-refractivity contribution in [2.45, 2.75) is 78.2 Å². The van der Waals surface area contributed by atoms with E-state index in [1.54, 1.807) is 0 Å². The third kappa shape index (κ3) is 3.50. The van der Waals surface area contributed by atoms with E-state index in [1.165, 1.54) is 49.0 Å². The first-order chi connectivity index (χ1) is 10.9. The van der Waals surface area contributed by atoms with Crippen LogP contribution >= 0.6 is 11.3 Å². The quantitative estimate of drug-likeness (QED) is 0.719. The molecule has 3 rings (SSSR count). The van der Waals surface area contributed by atoms with Crippen molar-refractivity contribution in [2.75, 3.05) is 7.05 Å². The van der Waals surface area contributed by atoms with Gasteiger partial charge in [-0.2, -0.15) is 0 Å². The molecule has 3 heteroatoms. The van der Waals surface area contributed by atoms with E-state index in [2.05, 4.69) is 26.2 Å². The zero-order chi connectivity index (χ0) is 16.6. The van der Waals surface area contributed by atoms with Crippen molar-refractivity contribution in [3.63, 3.8) is 0 Å². The van der Waals surface area contributed by atoms with E-state index in [0.717, 1.165) is 24.3 Å². The fourth-order valence-corrected chi connectivity index (χ4v) is 5.41. The highest BCUT2D eigenvalue weighted by Gasteiger charge is 2.33. The van der Waals surface area contributed by atoms with Crippen molar-refractivity contribution in [1.82, 2.24) is 4.90 Å². The molecule has 2 nitrogen and oxygen atoms in total. The SMILES string of the molecule is CN(C(=O)c1csc2c1CCC(C(C)(C)C)C2)C1CCCCC1. The normalized spacial score (nSPS) is 22.7. The van der Waals surface area contributed by atoms with Crippen LogP contribution in [0, 0.1) is 11.3 Å². The maximum absolute atomic E-state index is 13.0. The summed E-state index contributed by atoms with van der Waals surface area (Å²) in [5.74, 6) is 1.01. The van der Waals surface area contributed by atoms with Crippen LogP contribution in [0.4, 0.5) is 0 Å². The Labute approximate surface area is 145 Å². The molecule has 2 aliphatic rings. The molecule has 23 heavy (non-hydrogen) atoms. The lowest BCUT2D eigenvalue weighted by Gasteiger charge is -2.34. The molecule has 0 radical (unpaired) electrons. The molecule has 0 aromatic carbocycles. The van der Waals surface area contributed by atoms with E-state index in [1.807, 2.05) is 23.3 Å². The highest BCUT2D eigenvalue weighted by molar-refractivity contribution is 7.10. The van der Waals surface area contributed by atoms with Gasteiger partial charge >= 0.3 is 0 Å². The zero-order valence-electron chi connectivity index (χ0n) is 15.2. The van der Waals surface area contributed by atoms with Crippen LogP contribution in [-0.2, 0) is 12.8 Å². The Morgan fingerprint density at radius 1 is 1.17 bits per heavy atom. The van der Waals surface area contributed by atoms with Gasteiger partial charge in [0.2, 0.25) is 0 Å². The van der Waals surface area contributed by atoms with Gasteiger partial charge in [0, 0.05) is 23.3 Å². The zero-order valence-corrected chi connectivity index (χ0v) is 16.0. The van der Waals surface area contributed by atoms with Gasteiger partial charge in [-0.1, -0.05) is 40.0 Å². The Hall–Kier alpha value is -0.830. The van der Waals surface area contributed by atoms with Crippen molar-refractivity contribution in [1.29, 1.82) is 0 Å². The number of thiophene rings is 1. The largest absolute Gasteiger partial charge is 0.339 e. The molecule has 2 aliphatic carbocycles. The Balaban J connectivity index is 1.75. The predicted molar refractivity (Wildman–Crippen MR) is 98.3 cm³/mol. The van der Waals surface area contributed by atoms with Crippen molar-refractivity contribution >= 4 is 17.2 Å². The minimum absolute atomic E-state index is 0.267. The molecule has 0 bridgehead atoms. The third-order valence-corrected chi connectivity index (χ3v) is 7.10. The molecule has 0 aliphatic heterocycles. The fourth-order valence-electron chi connectivity index (χ4n) is 4.26. The minimum atomic E-state index is 0.267. The monoisotopic (exact) mass is 333 g/mol. The first-order valence-electron chi connectivity index (χ1n) is 9.24. The van der Waals surface area contributed by atoms with Crippen molar-refractivity contribution in [2.24, 2.45) is 11.3 Å². The van der Waals surface area contributed by atoms with E-state index in [4.69, 9.17) is 0 Å². The summed E-state index contributed by atoms with van der Waals surface area (Å²) < 4.78 is 0. The molecule has 0 N–H and O–H groups in total. The van der Waals surface area contributed by atoms with Gasteiger partial charge in [0.05, 0.1) is 5.56 Å². The first kappa shape index (κ1) is 17.0. The Morgan fingerprint density at radius 3 is 2.52 bits per heavy atom. The molecule has 1 aromatic rings. The van der Waals surface area contributed by atoms with E-state index < -0.39 is 0 Å². The second-order valence-corrected chi connectivity index (χ2v) is 9.53. The van der Waals surface area contributed by atoms with Crippen LogP contribution < -0.4 is 0 Å². The molecular weight excluding hydrogens is 302 g/mol. The highest BCUT2D eigenvalue weighted by atomic mass is 32.1. The average Bonchev–Trinajstić information content (AvgIpc) is 2.96. The summed E-state index contributed by atoms with van der Waals surface area (Å²) >= 11 is 1.82. The Bertz CT molecular complexity index is 563. The van der Waals surface area contributed by atoms with Crippen LogP contribution in [0.5, 0.6) is 0 Å². The molecule has 1 unspecified atom stereocenters. The molecule has 1 amide bonds. The van der Waals surface area contributed by atoms with Crippen LogP contribution in [0.1, 0.15) is 80.1 Å². The van der Waals surface area contributed by atoms with Crippen molar-refractivity contribution in [3.05, 3.63) is 21.4 Å². The van der Waals surface area contributed by atoms with Gasteiger partial charge in [0.25, 0.3) is 5.91 Å². The number of rotatable bonds is 2. The topological polar surface area (TPSA) is 20.3 Å². The third-order valence-electron chi connectivity index (χ3n) is 6.05. The molecule has 1 saturated carbocycles. The highest BCUT2D eigenvalue weighted by Crippen LogP contribution is 2.41. The van der Waals surface area contributed by atoms with E-state index in [0.29, 0.717) is 11.5 Å². The number of hydrogen-bond donors (Lipinski definition) is 0. The van der Waals surface area contributed by atoms with Crippen LogP contribution in [0.25, 0.3) is 0 Å². The summed E-state index contributed by atoms with van der Waals surface area (Å²) in [6.07, 6.45) is 9.71. The fraction of sp³-hybridized carbons (Fsp3) is 0.750. The lowest BCUT2D eigenvalue weighted by molar-refractivity contribution is 0.0695. The lowest BCUT2D eigenvalue weighted by Crippen LogP contribution is -2.38. The van der Waals surface area contributed by atoms with Crippen LogP contribution in [-0.4, -0.2) is 23.9 Å². The van der Waals surface area contributed by atoms with Crippen molar-refractivity contribution < 1.29 is 4.79 Å². The number of hydrogen-bond acceptors (Lipinski definition) is 2. The van der Waals surface area contributed by atoms with E-state index in [-0.39, 0.29) is 5.91 Å². The average molecular weight is 334 g/mol. The van der Waals surface area contributed by atoms with Gasteiger partial charge in [-0.05, 0) is 49.0 Å². The lowest BCUT2D eigenvalue weighted by atomic mass is 9.72. The molecule has 1 heterocycles. The summed E-state index contributed by atoms with van der Waals surface area (Å²) in [5.41, 5.74) is 2.73. The maximum atomic E-state index is 13.0. The van der Waals surface area contributed by atoms with Gasteiger partial charge in [-0.25, -0.2) is 0 Å². The molecular formula is C20H31NOS. The summed E-state index contributed by atoms with van der Waals surface area (Å²) in [7, 11) is 2.02. The van der Waals surface area contributed by atoms with Crippen LogP contribution in [0.15, 0.2) is 5.38 Å². The summed E-state index contributed by atoms with van der Waals surface area (Å²) in [5, 5.41) is 2.14. The number of carbonyl (C=O) groups is 1. The molecule has 1 aromatic heterocycles. The molecule has 0 spiro atoms. The standard InChI is InChI=1S/C20H31NOS/c1-20(2,3)14-10-11-16-17(13-23-18(16)12-14)19(22)21(4)15-8-6-5-7-9-15/h13-15H,5-12H2,1-4H3. The Morgan fingerprint density at radius 2 is 1.87 bits per heavy atom. The molecule has 1 fully saturated rings. The first-order valence-corrected chi connectivity index (χ1v) is 10.1. The second-order valence-electron chi connectivity index (χ2n) is 8.56. The Kier molecular flexibility index (Phi) is 4.87. The second kappa shape index (κ2) is 6.58. The number of carbonyl (C=O) groups excluding carboxylic acids is 1. The van der Waals surface area contributed by atoms with Gasteiger partial charge in [-0.3, -0.25) is 4.79 Å². The van der Waals surface area contributed by atoms with E-state index in [9.17, 15) is 4.79 Å². The molecule has 1 atom stereocenters. The number of amides is 1. The smallest absolute Gasteiger partial charge is 0.254 e. The van der Waals surface area contributed by atoms with E-state index >= 15 is 0 Å². The van der Waals surface area contributed by atoms with Crippen LogP contribution in [0.3, 0.4) is 0 Å². The van der Waals surface area contributed by atoms with Crippen molar-refractivity contribution in [3.8, 4) is 0 Å². The molecule has 128 valence electrons.